The second-order valence-electron chi connectivity index (χ2n) is 6.16. The minimum atomic E-state index is -0.985. The van der Waals surface area contributed by atoms with Crippen LogP contribution in [0, 0.1) is 0 Å². The van der Waals surface area contributed by atoms with Crippen LogP contribution in [0.1, 0.15) is 23.1 Å². The number of ether oxygens (including phenoxy) is 1. The van der Waals surface area contributed by atoms with Gasteiger partial charge in [0.25, 0.3) is 0 Å². The molecule has 0 spiro atoms. The summed E-state index contributed by atoms with van der Waals surface area (Å²) in [6.07, 6.45) is 9.27. The van der Waals surface area contributed by atoms with Gasteiger partial charge in [0.05, 0.1) is 13.5 Å². The number of carbonyl (C=O) groups is 2. The maximum absolute atomic E-state index is 11.5. The number of aryl methyl sites for hydroxylation is 1. The number of pyridine rings is 1. The summed E-state index contributed by atoms with van der Waals surface area (Å²) in [5.41, 5.74) is 3.97. The Labute approximate surface area is 156 Å². The minimum Gasteiger partial charge on any atom is -0.478 e. The fourth-order valence-electron chi connectivity index (χ4n) is 3.02. The van der Waals surface area contributed by atoms with E-state index in [1.54, 1.807) is 12.3 Å². The monoisotopic (exact) mass is 364 g/mol. The fraction of sp³-hybridized carbons (Fsp3) is 0.190. The van der Waals surface area contributed by atoms with Crippen molar-refractivity contribution in [3.8, 4) is 0 Å². The number of carboxylic acids is 1. The number of aromatic nitrogens is 2. The van der Waals surface area contributed by atoms with Gasteiger partial charge < -0.3 is 14.4 Å². The summed E-state index contributed by atoms with van der Waals surface area (Å²) >= 11 is 0. The van der Waals surface area contributed by atoms with E-state index >= 15 is 0 Å². The van der Waals surface area contributed by atoms with Crippen LogP contribution in [0.25, 0.3) is 17.0 Å². The SMILES string of the molecule is COC(=O)CCn1cc(Cc2cccnc2)c2cc(C=CC(=O)O)ccc21. The summed E-state index contributed by atoms with van der Waals surface area (Å²) in [6, 6.07) is 9.69. The van der Waals surface area contributed by atoms with E-state index < -0.39 is 5.97 Å². The number of aliphatic carboxylic acids is 1. The molecule has 0 fully saturated rings. The Bertz CT molecular complexity index is 990. The van der Waals surface area contributed by atoms with Crippen LogP contribution in [0.5, 0.6) is 0 Å². The summed E-state index contributed by atoms with van der Waals surface area (Å²) < 4.78 is 6.77. The molecule has 6 nitrogen and oxygen atoms in total. The zero-order valence-electron chi connectivity index (χ0n) is 15.0. The first-order chi connectivity index (χ1) is 13.1. The molecule has 1 N–H and O–H groups in total. The molecule has 0 unspecified atom stereocenters. The maximum atomic E-state index is 11.5. The molecule has 0 amide bonds. The van der Waals surface area contributed by atoms with Gasteiger partial charge in [-0.05, 0) is 41.0 Å². The van der Waals surface area contributed by atoms with Crippen molar-refractivity contribution in [1.82, 2.24) is 9.55 Å². The molecule has 3 aromatic rings. The summed E-state index contributed by atoms with van der Waals surface area (Å²) in [7, 11) is 1.38. The van der Waals surface area contributed by atoms with Gasteiger partial charge in [-0.1, -0.05) is 12.1 Å². The molecule has 0 saturated carbocycles. The lowest BCUT2D eigenvalue weighted by Crippen LogP contribution is -2.06. The molecule has 2 heterocycles. The fourth-order valence-corrected chi connectivity index (χ4v) is 3.02. The molecule has 0 aliphatic carbocycles. The summed E-state index contributed by atoms with van der Waals surface area (Å²) in [6.45, 7) is 0.514. The van der Waals surface area contributed by atoms with E-state index in [0.29, 0.717) is 13.0 Å². The maximum Gasteiger partial charge on any atom is 0.328 e. The summed E-state index contributed by atoms with van der Waals surface area (Å²) in [5.74, 6) is -1.24. The molecule has 6 heteroatoms. The van der Waals surface area contributed by atoms with Crippen LogP contribution in [0.15, 0.2) is 55.0 Å². The van der Waals surface area contributed by atoms with Gasteiger partial charge >= 0.3 is 11.9 Å². The van der Waals surface area contributed by atoms with E-state index in [0.717, 1.165) is 33.7 Å². The largest absolute Gasteiger partial charge is 0.478 e. The Morgan fingerprint density at radius 2 is 2.15 bits per heavy atom. The van der Waals surface area contributed by atoms with Crippen LogP contribution in [0.4, 0.5) is 0 Å². The van der Waals surface area contributed by atoms with Crippen molar-refractivity contribution in [2.75, 3.05) is 7.11 Å². The lowest BCUT2D eigenvalue weighted by Gasteiger charge is -2.04. The quantitative estimate of drug-likeness (QED) is 0.514. The Kier molecular flexibility index (Phi) is 5.66. The van der Waals surface area contributed by atoms with Crippen LogP contribution in [0.2, 0.25) is 0 Å². The van der Waals surface area contributed by atoms with Gasteiger partial charge in [-0.3, -0.25) is 9.78 Å². The van der Waals surface area contributed by atoms with Crippen LogP contribution in [-0.2, 0) is 27.3 Å². The van der Waals surface area contributed by atoms with Gasteiger partial charge in [0, 0.05) is 48.5 Å². The first-order valence-corrected chi connectivity index (χ1v) is 8.55. The lowest BCUT2D eigenvalue weighted by molar-refractivity contribution is -0.140. The van der Waals surface area contributed by atoms with E-state index in [4.69, 9.17) is 9.84 Å². The number of methoxy groups -OCH3 is 1. The topological polar surface area (TPSA) is 81.4 Å². The van der Waals surface area contributed by atoms with E-state index in [1.807, 2.05) is 47.3 Å². The van der Waals surface area contributed by atoms with Crippen LogP contribution < -0.4 is 0 Å². The van der Waals surface area contributed by atoms with E-state index in [-0.39, 0.29) is 12.4 Å². The molecule has 138 valence electrons. The summed E-state index contributed by atoms with van der Waals surface area (Å²) in [4.78, 5) is 26.5. The van der Waals surface area contributed by atoms with Crippen molar-refractivity contribution in [3.05, 3.63) is 71.7 Å². The predicted molar refractivity (Wildman–Crippen MR) is 102 cm³/mol. The van der Waals surface area contributed by atoms with E-state index in [9.17, 15) is 9.59 Å². The molecule has 0 aliphatic rings. The molecular weight excluding hydrogens is 344 g/mol. The number of hydrogen-bond donors (Lipinski definition) is 1. The van der Waals surface area contributed by atoms with Crippen molar-refractivity contribution in [2.24, 2.45) is 0 Å². The third-order valence-electron chi connectivity index (χ3n) is 4.31. The van der Waals surface area contributed by atoms with Gasteiger partial charge in [-0.2, -0.15) is 0 Å². The Balaban J connectivity index is 2.00. The highest BCUT2D eigenvalue weighted by atomic mass is 16.5. The van der Waals surface area contributed by atoms with Crippen molar-refractivity contribution in [2.45, 2.75) is 19.4 Å². The van der Waals surface area contributed by atoms with Gasteiger partial charge in [-0.15, -0.1) is 0 Å². The highest BCUT2D eigenvalue weighted by molar-refractivity contribution is 5.89. The zero-order chi connectivity index (χ0) is 19.2. The molecule has 0 saturated heterocycles. The Morgan fingerprint density at radius 1 is 1.30 bits per heavy atom. The Morgan fingerprint density at radius 3 is 2.85 bits per heavy atom. The van der Waals surface area contributed by atoms with Crippen molar-refractivity contribution >= 4 is 28.9 Å². The molecule has 0 atom stereocenters. The van der Waals surface area contributed by atoms with E-state index in [2.05, 4.69) is 4.98 Å². The normalized spacial score (nSPS) is 11.1. The molecular formula is C21H20N2O4. The highest BCUT2D eigenvalue weighted by Crippen LogP contribution is 2.26. The molecule has 1 aromatic carbocycles. The number of nitrogens with zero attached hydrogens (tertiary/aromatic N) is 2. The highest BCUT2D eigenvalue weighted by Gasteiger charge is 2.11. The van der Waals surface area contributed by atoms with Gasteiger partial charge in [0.15, 0.2) is 0 Å². The van der Waals surface area contributed by atoms with Crippen LogP contribution >= 0.6 is 0 Å². The van der Waals surface area contributed by atoms with Crippen LogP contribution in [0.3, 0.4) is 0 Å². The second kappa shape index (κ2) is 8.31. The molecule has 0 radical (unpaired) electrons. The minimum absolute atomic E-state index is 0.258. The lowest BCUT2D eigenvalue weighted by atomic mass is 10.0. The number of carbonyl (C=O) groups excluding carboxylic acids is 1. The first-order valence-electron chi connectivity index (χ1n) is 8.55. The zero-order valence-corrected chi connectivity index (χ0v) is 15.0. The second-order valence-corrected chi connectivity index (χ2v) is 6.16. The average molecular weight is 364 g/mol. The number of esters is 1. The molecule has 3 rings (SSSR count). The predicted octanol–water partition coefficient (Wildman–Crippen LogP) is 3.29. The number of fused-ring (bicyclic) bond motifs is 1. The van der Waals surface area contributed by atoms with E-state index in [1.165, 1.54) is 7.11 Å². The van der Waals surface area contributed by atoms with Crippen molar-refractivity contribution < 1.29 is 19.4 Å². The summed E-state index contributed by atoms with van der Waals surface area (Å²) in [5, 5.41) is 9.87. The number of hydrogen-bond acceptors (Lipinski definition) is 4. The number of rotatable bonds is 7. The molecule has 2 aromatic heterocycles. The average Bonchev–Trinajstić information content (AvgIpc) is 3.02. The molecule has 0 aliphatic heterocycles. The molecule has 0 bridgehead atoms. The Hall–Kier alpha value is -3.41. The molecule has 27 heavy (non-hydrogen) atoms. The van der Waals surface area contributed by atoms with Crippen molar-refractivity contribution in [1.29, 1.82) is 0 Å². The number of carboxylic acid groups (broad SMARTS) is 1. The standard InChI is InChI=1S/C21H20N2O4/c1-27-21(26)8-10-23-14-17(11-16-3-2-9-22-13-16)18-12-15(4-6-19(18)23)5-7-20(24)25/h2-7,9,12-14H,8,10-11H2,1H3,(H,24,25). The third kappa shape index (κ3) is 4.61. The van der Waals surface area contributed by atoms with Gasteiger partial charge in [0.2, 0.25) is 0 Å². The van der Waals surface area contributed by atoms with Gasteiger partial charge in [-0.25, -0.2) is 4.79 Å². The third-order valence-corrected chi connectivity index (χ3v) is 4.31. The van der Waals surface area contributed by atoms with Crippen molar-refractivity contribution in [3.63, 3.8) is 0 Å². The van der Waals surface area contributed by atoms with Crippen LogP contribution in [-0.4, -0.2) is 33.7 Å². The van der Waals surface area contributed by atoms with Gasteiger partial charge in [0.1, 0.15) is 0 Å². The smallest absolute Gasteiger partial charge is 0.328 e. The first kappa shape index (κ1) is 18.4. The number of benzene rings is 1.